The van der Waals surface area contributed by atoms with E-state index in [1.807, 2.05) is 0 Å². The van der Waals surface area contributed by atoms with Gasteiger partial charge in [-0.15, -0.1) is 0 Å². The van der Waals surface area contributed by atoms with Crippen molar-refractivity contribution in [3.05, 3.63) is 0 Å². The van der Waals surface area contributed by atoms with Crippen molar-refractivity contribution in [2.24, 2.45) is 0 Å². The van der Waals surface area contributed by atoms with Crippen LogP contribution in [0.3, 0.4) is 0 Å². The Kier molecular flexibility index (Phi) is 6.91. The first-order valence-corrected chi connectivity index (χ1v) is 10.6. The summed E-state index contributed by atoms with van der Waals surface area (Å²) in [7, 11) is 2.83. The molecule has 1 radical (unpaired) electrons. The molecule has 0 spiro atoms. The van der Waals surface area contributed by atoms with E-state index in [2.05, 4.69) is 5.32 Å². The summed E-state index contributed by atoms with van der Waals surface area (Å²) >= 11 is 0. The topological polar surface area (TPSA) is 187 Å². The highest BCUT2D eigenvalue weighted by atomic mass is 16.7. The molecule has 0 bridgehead atoms. The summed E-state index contributed by atoms with van der Waals surface area (Å²) in [6.07, 6.45) is -5.15. The van der Waals surface area contributed by atoms with E-state index in [9.17, 15) is 35.4 Å². The van der Waals surface area contributed by atoms with Gasteiger partial charge in [0.25, 0.3) is 0 Å². The fourth-order valence-electron chi connectivity index (χ4n) is 4.78. The number of carbonyl (C=O) groups excluding carboxylic acids is 1. The number of aliphatic hydroxyl groups excluding tert-OH is 2. The maximum Gasteiger partial charge on any atom is 0.389 e. The Morgan fingerprint density at radius 1 is 0.970 bits per heavy atom. The summed E-state index contributed by atoms with van der Waals surface area (Å²) in [6.45, 7) is 8.43. The molecule has 0 aromatic rings. The lowest BCUT2D eigenvalue weighted by atomic mass is 9.62. The van der Waals surface area contributed by atoms with Crippen molar-refractivity contribution < 1.29 is 54.4 Å². The SMILES string of the molecule is CNC1(C)C(OC2(C)C(C)(C([O])=O)OC(O)C(C)(O)C2(C)O)OC(C)(COC)C(O)C1(C)O. The molecule has 12 heteroatoms. The van der Waals surface area contributed by atoms with Crippen molar-refractivity contribution in [1.29, 1.82) is 0 Å². The van der Waals surface area contributed by atoms with Crippen molar-refractivity contribution in [2.45, 2.75) is 106 Å². The molecule has 12 nitrogen and oxygen atoms in total. The van der Waals surface area contributed by atoms with Gasteiger partial charge in [0.05, 0.1) is 12.1 Å². The molecule has 2 rings (SSSR count). The molecule has 2 aliphatic rings. The van der Waals surface area contributed by atoms with Crippen LogP contribution in [0.15, 0.2) is 0 Å². The van der Waals surface area contributed by atoms with E-state index in [4.69, 9.17) is 18.9 Å². The molecule has 6 N–H and O–H groups in total. The Morgan fingerprint density at radius 3 is 1.91 bits per heavy atom. The van der Waals surface area contributed by atoms with E-state index in [-0.39, 0.29) is 6.61 Å². The molecule has 0 aromatic heterocycles. The number of likely N-dealkylation sites (N-methyl/N-ethyl adjacent to an activating group) is 1. The molecule has 0 amide bonds. The van der Waals surface area contributed by atoms with E-state index in [0.717, 1.165) is 27.7 Å². The second kappa shape index (κ2) is 8.05. The smallest absolute Gasteiger partial charge is 0.387 e. The summed E-state index contributed by atoms with van der Waals surface area (Å²) in [5.74, 6) is -1.84. The van der Waals surface area contributed by atoms with Crippen molar-refractivity contribution in [1.82, 2.24) is 5.32 Å². The zero-order valence-electron chi connectivity index (χ0n) is 20.6. The van der Waals surface area contributed by atoms with Crippen LogP contribution >= 0.6 is 0 Å². The molecule has 193 valence electrons. The highest BCUT2D eigenvalue weighted by molar-refractivity contribution is 5.79. The average molecular weight is 481 g/mol. The van der Waals surface area contributed by atoms with Gasteiger partial charge in [-0.2, -0.15) is 0 Å². The van der Waals surface area contributed by atoms with Crippen LogP contribution in [0.25, 0.3) is 0 Å². The van der Waals surface area contributed by atoms with Crippen LogP contribution < -0.4 is 5.32 Å². The molecular formula is C21H38NO11. The Morgan fingerprint density at radius 2 is 1.48 bits per heavy atom. The van der Waals surface area contributed by atoms with Crippen molar-refractivity contribution in [3.63, 3.8) is 0 Å². The fourth-order valence-corrected chi connectivity index (χ4v) is 4.78. The minimum absolute atomic E-state index is 0.179. The standard InChI is InChI=1S/C21H38NO11/c1-15(10-30-9)11(23)17(3,27)16(2,22-8)14(32-15)33-21(7)19(5,12(24)25)31-13(26)18(4,28)20(21,6)29/h11,13-14,22-23,26-29H,10H2,1-9H3. The Balaban J connectivity index is 2.74. The summed E-state index contributed by atoms with van der Waals surface area (Å²) in [6, 6.07) is 0. The van der Waals surface area contributed by atoms with E-state index in [1.54, 1.807) is 0 Å². The maximum atomic E-state index is 12.2. The largest absolute Gasteiger partial charge is 0.389 e. The summed E-state index contributed by atoms with van der Waals surface area (Å²) < 4.78 is 22.6. The lowest BCUT2D eigenvalue weighted by molar-refractivity contribution is -0.447. The highest BCUT2D eigenvalue weighted by Gasteiger charge is 2.77. The molecule has 0 aromatic carbocycles. The van der Waals surface area contributed by atoms with Crippen LogP contribution in [0.5, 0.6) is 0 Å². The van der Waals surface area contributed by atoms with Gasteiger partial charge < -0.3 is 49.8 Å². The van der Waals surface area contributed by atoms with Crippen molar-refractivity contribution in [3.8, 4) is 0 Å². The molecule has 0 saturated carbocycles. The first-order chi connectivity index (χ1) is 14.7. The molecule has 2 heterocycles. The van der Waals surface area contributed by atoms with Crippen molar-refractivity contribution in [2.75, 3.05) is 20.8 Å². The molecule has 2 fully saturated rings. The van der Waals surface area contributed by atoms with Gasteiger partial charge in [0.2, 0.25) is 5.60 Å². The van der Waals surface area contributed by atoms with Gasteiger partial charge in [-0.05, 0) is 55.5 Å². The van der Waals surface area contributed by atoms with Gasteiger partial charge >= 0.3 is 5.97 Å². The number of methoxy groups -OCH3 is 1. The van der Waals surface area contributed by atoms with Crippen LogP contribution in [0.4, 0.5) is 0 Å². The van der Waals surface area contributed by atoms with Crippen LogP contribution in [-0.2, 0) is 28.8 Å². The lowest BCUT2D eigenvalue weighted by Gasteiger charge is -2.64. The van der Waals surface area contributed by atoms with Crippen LogP contribution in [-0.4, -0.2) is 110 Å². The van der Waals surface area contributed by atoms with Gasteiger partial charge in [0.15, 0.2) is 12.6 Å². The Bertz CT molecular complexity index is 773. The fraction of sp³-hybridized carbons (Fsp3) is 0.952. The molecule has 10 atom stereocenters. The number of ether oxygens (including phenoxy) is 4. The van der Waals surface area contributed by atoms with E-state index < -0.39 is 63.8 Å². The number of aliphatic hydroxyl groups is 5. The normalized spacial score (nSPS) is 55.4. The van der Waals surface area contributed by atoms with Gasteiger partial charge in [-0.25, -0.2) is 9.90 Å². The van der Waals surface area contributed by atoms with Gasteiger partial charge in [-0.3, -0.25) is 0 Å². The van der Waals surface area contributed by atoms with Crippen LogP contribution in [0.1, 0.15) is 48.5 Å². The monoisotopic (exact) mass is 480 g/mol. The van der Waals surface area contributed by atoms with Gasteiger partial charge in [0.1, 0.15) is 34.1 Å². The van der Waals surface area contributed by atoms with Gasteiger partial charge in [0, 0.05) is 7.11 Å². The Labute approximate surface area is 193 Å². The number of hydrogen-bond acceptors (Lipinski definition) is 11. The van der Waals surface area contributed by atoms with Crippen LogP contribution in [0, 0.1) is 0 Å². The van der Waals surface area contributed by atoms with E-state index in [1.165, 1.54) is 34.9 Å². The number of rotatable bonds is 6. The minimum atomic E-state index is -2.50. The molecule has 2 saturated heterocycles. The lowest BCUT2D eigenvalue weighted by Crippen LogP contribution is -2.86. The molecule has 10 unspecified atom stereocenters. The van der Waals surface area contributed by atoms with E-state index in [0.29, 0.717) is 0 Å². The average Bonchev–Trinajstić information content (AvgIpc) is 2.69. The quantitative estimate of drug-likeness (QED) is 0.251. The number of carbonyl (C=O) groups is 1. The number of nitrogens with one attached hydrogen (secondary N) is 1. The zero-order valence-corrected chi connectivity index (χ0v) is 20.6. The predicted octanol–water partition coefficient (Wildman–Crippen LogP) is -1.82. The predicted molar refractivity (Wildman–Crippen MR) is 111 cm³/mol. The third-order valence-corrected chi connectivity index (χ3v) is 8.35. The molecule has 0 aliphatic carbocycles. The summed E-state index contributed by atoms with van der Waals surface area (Å²) in [5.41, 5.74) is -14.8. The van der Waals surface area contributed by atoms with Crippen LogP contribution in [0.2, 0.25) is 0 Å². The second-order valence-electron chi connectivity index (χ2n) is 10.4. The Hall–Kier alpha value is -0.930. The third-order valence-electron chi connectivity index (χ3n) is 8.35. The zero-order chi connectivity index (χ0) is 26.1. The van der Waals surface area contributed by atoms with Crippen molar-refractivity contribution >= 4 is 5.97 Å². The molecular weight excluding hydrogens is 442 g/mol. The first kappa shape index (κ1) is 28.3. The highest BCUT2D eigenvalue weighted by Crippen LogP contribution is 2.54. The molecule has 2 aliphatic heterocycles. The first-order valence-electron chi connectivity index (χ1n) is 10.6. The summed E-state index contributed by atoms with van der Waals surface area (Å²) in [5, 5.41) is 70.1. The number of hydrogen-bond donors (Lipinski definition) is 6. The van der Waals surface area contributed by atoms with Gasteiger partial charge in [-0.1, -0.05) is 0 Å². The third kappa shape index (κ3) is 3.46. The van der Waals surface area contributed by atoms with E-state index >= 15 is 0 Å². The molecule has 33 heavy (non-hydrogen) atoms. The minimum Gasteiger partial charge on any atom is -0.387 e. The maximum absolute atomic E-state index is 12.2. The summed E-state index contributed by atoms with van der Waals surface area (Å²) in [4.78, 5) is 12.2. The second-order valence-corrected chi connectivity index (χ2v) is 10.4.